The summed E-state index contributed by atoms with van der Waals surface area (Å²) in [7, 11) is 1.74. The molecule has 0 bridgehead atoms. The van der Waals surface area contributed by atoms with Crippen LogP contribution in [-0.2, 0) is 4.79 Å². The van der Waals surface area contributed by atoms with E-state index in [4.69, 9.17) is 0 Å². The Bertz CT molecular complexity index is 803. The normalized spacial score (nSPS) is 15.0. The third-order valence-electron chi connectivity index (χ3n) is 4.77. The van der Waals surface area contributed by atoms with Gasteiger partial charge in [-0.05, 0) is 37.1 Å². The summed E-state index contributed by atoms with van der Waals surface area (Å²) in [5.41, 5.74) is 0.682. The molecule has 136 valence electrons. The number of likely N-dealkylation sites (tertiary alicyclic amines) is 1. The third-order valence-corrected chi connectivity index (χ3v) is 4.77. The molecular weight excluding hydrogens is 338 g/mol. The molecule has 3 rings (SSSR count). The van der Waals surface area contributed by atoms with Gasteiger partial charge in [0.2, 0.25) is 5.91 Å². The molecule has 2 aromatic rings. The zero-order valence-corrected chi connectivity index (χ0v) is 14.5. The lowest BCUT2D eigenvalue weighted by atomic mass is 9.94. The molecule has 2 amide bonds. The number of para-hydroxylation sites is 1. The van der Waals surface area contributed by atoms with Crippen LogP contribution in [0.5, 0.6) is 0 Å². The number of hydrogen-bond acceptors (Lipinski definition) is 2. The first kappa shape index (κ1) is 18.0. The highest BCUT2D eigenvalue weighted by Crippen LogP contribution is 2.24. The number of carbonyl (C=O) groups is 2. The van der Waals surface area contributed by atoms with Crippen molar-refractivity contribution < 1.29 is 18.4 Å². The van der Waals surface area contributed by atoms with Crippen molar-refractivity contribution in [3.05, 3.63) is 65.7 Å². The van der Waals surface area contributed by atoms with E-state index in [1.165, 1.54) is 4.90 Å². The van der Waals surface area contributed by atoms with E-state index in [0.717, 1.165) is 17.8 Å². The van der Waals surface area contributed by atoms with E-state index in [2.05, 4.69) is 0 Å². The van der Waals surface area contributed by atoms with Gasteiger partial charge in [-0.25, -0.2) is 8.78 Å². The predicted molar refractivity (Wildman–Crippen MR) is 94.8 cm³/mol. The molecule has 1 heterocycles. The van der Waals surface area contributed by atoms with Crippen molar-refractivity contribution in [1.29, 1.82) is 0 Å². The Kier molecular flexibility index (Phi) is 5.30. The van der Waals surface area contributed by atoms with E-state index in [0.29, 0.717) is 32.0 Å². The molecule has 0 saturated carbocycles. The number of anilines is 1. The Labute approximate surface area is 151 Å². The quantitative estimate of drug-likeness (QED) is 0.843. The van der Waals surface area contributed by atoms with Gasteiger partial charge in [0.1, 0.15) is 11.6 Å². The summed E-state index contributed by atoms with van der Waals surface area (Å²) in [4.78, 5) is 28.2. The fourth-order valence-electron chi connectivity index (χ4n) is 3.22. The van der Waals surface area contributed by atoms with Crippen LogP contribution in [0.25, 0.3) is 0 Å². The van der Waals surface area contributed by atoms with Crippen molar-refractivity contribution in [2.45, 2.75) is 12.8 Å². The molecule has 0 unspecified atom stereocenters. The van der Waals surface area contributed by atoms with Gasteiger partial charge in [0.05, 0.1) is 5.56 Å². The number of halogens is 2. The number of nitrogens with zero attached hydrogens (tertiary/aromatic N) is 2. The molecule has 0 atom stereocenters. The summed E-state index contributed by atoms with van der Waals surface area (Å²) >= 11 is 0. The summed E-state index contributed by atoms with van der Waals surface area (Å²) in [5, 5.41) is 0. The fourth-order valence-corrected chi connectivity index (χ4v) is 3.22. The van der Waals surface area contributed by atoms with Crippen LogP contribution in [0.2, 0.25) is 0 Å². The van der Waals surface area contributed by atoms with Gasteiger partial charge in [0, 0.05) is 37.8 Å². The van der Waals surface area contributed by atoms with Crippen molar-refractivity contribution in [1.82, 2.24) is 4.90 Å². The van der Waals surface area contributed by atoms with Gasteiger partial charge in [0.25, 0.3) is 5.91 Å². The largest absolute Gasteiger partial charge is 0.339 e. The maximum Gasteiger partial charge on any atom is 0.256 e. The van der Waals surface area contributed by atoms with Gasteiger partial charge in [-0.3, -0.25) is 9.59 Å². The highest BCUT2D eigenvalue weighted by Gasteiger charge is 2.30. The first-order valence-electron chi connectivity index (χ1n) is 8.54. The van der Waals surface area contributed by atoms with E-state index in [-0.39, 0.29) is 17.4 Å². The van der Waals surface area contributed by atoms with Gasteiger partial charge >= 0.3 is 0 Å². The molecule has 2 aromatic carbocycles. The van der Waals surface area contributed by atoms with E-state index >= 15 is 0 Å². The standard InChI is InChI=1S/C20H20F2N2O2/c1-23(16-5-3-2-4-6-16)19(25)14-9-11-24(12-10-14)20(26)17-8-7-15(21)13-18(17)22/h2-8,13-14H,9-12H2,1H3. The molecule has 4 nitrogen and oxygen atoms in total. The minimum atomic E-state index is -0.864. The summed E-state index contributed by atoms with van der Waals surface area (Å²) in [6.45, 7) is 0.739. The molecule has 0 aromatic heterocycles. The van der Waals surface area contributed by atoms with Crippen molar-refractivity contribution >= 4 is 17.5 Å². The molecular formula is C20H20F2N2O2. The predicted octanol–water partition coefficient (Wildman–Crippen LogP) is 3.48. The second-order valence-electron chi connectivity index (χ2n) is 6.42. The monoisotopic (exact) mass is 358 g/mol. The van der Waals surface area contributed by atoms with E-state index in [1.807, 2.05) is 30.3 Å². The number of benzene rings is 2. The Balaban J connectivity index is 1.62. The second kappa shape index (κ2) is 7.64. The molecule has 0 N–H and O–H groups in total. The zero-order chi connectivity index (χ0) is 18.7. The van der Waals surface area contributed by atoms with Crippen LogP contribution in [0, 0.1) is 17.6 Å². The first-order valence-corrected chi connectivity index (χ1v) is 8.54. The minimum absolute atomic E-state index is 0.0104. The third kappa shape index (κ3) is 3.74. The Morgan fingerprint density at radius 3 is 2.31 bits per heavy atom. The van der Waals surface area contributed by atoms with Crippen LogP contribution in [0.15, 0.2) is 48.5 Å². The molecule has 6 heteroatoms. The zero-order valence-electron chi connectivity index (χ0n) is 14.5. The summed E-state index contributed by atoms with van der Waals surface area (Å²) in [6.07, 6.45) is 1.04. The van der Waals surface area contributed by atoms with Crippen molar-refractivity contribution in [3.8, 4) is 0 Å². The van der Waals surface area contributed by atoms with Crippen LogP contribution >= 0.6 is 0 Å². The van der Waals surface area contributed by atoms with Crippen LogP contribution in [0.4, 0.5) is 14.5 Å². The van der Waals surface area contributed by atoms with Crippen LogP contribution in [0.3, 0.4) is 0 Å². The first-order chi connectivity index (χ1) is 12.5. The molecule has 1 saturated heterocycles. The van der Waals surface area contributed by atoms with Crippen molar-refractivity contribution in [2.24, 2.45) is 5.92 Å². The molecule has 0 radical (unpaired) electrons. The van der Waals surface area contributed by atoms with Gasteiger partial charge in [-0.15, -0.1) is 0 Å². The average molecular weight is 358 g/mol. The Hall–Kier alpha value is -2.76. The van der Waals surface area contributed by atoms with Gasteiger partial charge in [-0.2, -0.15) is 0 Å². The lowest BCUT2D eigenvalue weighted by Gasteiger charge is -2.33. The van der Waals surface area contributed by atoms with Gasteiger partial charge in [-0.1, -0.05) is 18.2 Å². The number of amides is 2. The second-order valence-corrected chi connectivity index (χ2v) is 6.42. The lowest BCUT2D eigenvalue weighted by molar-refractivity contribution is -0.123. The summed E-state index contributed by atoms with van der Waals surface area (Å²) in [6, 6.07) is 12.3. The molecule has 0 spiro atoms. The highest BCUT2D eigenvalue weighted by atomic mass is 19.1. The molecule has 1 fully saturated rings. The van der Waals surface area contributed by atoms with Crippen LogP contribution < -0.4 is 4.90 Å². The maximum absolute atomic E-state index is 13.8. The fraction of sp³-hybridized carbons (Fsp3) is 0.300. The molecule has 1 aliphatic rings. The summed E-state index contributed by atoms with van der Waals surface area (Å²) in [5.74, 6) is -2.22. The van der Waals surface area contributed by atoms with E-state index < -0.39 is 17.5 Å². The van der Waals surface area contributed by atoms with Crippen molar-refractivity contribution in [3.63, 3.8) is 0 Å². The van der Waals surface area contributed by atoms with Crippen LogP contribution in [-0.4, -0.2) is 36.9 Å². The number of piperidine rings is 1. The molecule has 26 heavy (non-hydrogen) atoms. The van der Waals surface area contributed by atoms with Gasteiger partial charge in [0.15, 0.2) is 0 Å². The topological polar surface area (TPSA) is 40.6 Å². The SMILES string of the molecule is CN(C(=O)C1CCN(C(=O)c2ccc(F)cc2F)CC1)c1ccccc1. The average Bonchev–Trinajstić information content (AvgIpc) is 2.67. The number of hydrogen-bond donors (Lipinski definition) is 0. The highest BCUT2D eigenvalue weighted by molar-refractivity contribution is 5.96. The number of carbonyl (C=O) groups excluding carboxylic acids is 2. The molecule has 1 aliphatic heterocycles. The maximum atomic E-state index is 13.8. The Morgan fingerprint density at radius 1 is 1.04 bits per heavy atom. The number of rotatable bonds is 3. The van der Waals surface area contributed by atoms with Gasteiger partial charge < -0.3 is 9.80 Å². The van der Waals surface area contributed by atoms with E-state index in [9.17, 15) is 18.4 Å². The smallest absolute Gasteiger partial charge is 0.256 e. The minimum Gasteiger partial charge on any atom is -0.339 e. The van der Waals surface area contributed by atoms with Crippen LogP contribution in [0.1, 0.15) is 23.2 Å². The Morgan fingerprint density at radius 2 is 1.69 bits per heavy atom. The summed E-state index contributed by atoms with van der Waals surface area (Å²) < 4.78 is 26.8. The molecule has 0 aliphatic carbocycles. The lowest BCUT2D eigenvalue weighted by Crippen LogP contribution is -2.43. The van der Waals surface area contributed by atoms with Crippen molar-refractivity contribution in [2.75, 3.05) is 25.0 Å². The van der Waals surface area contributed by atoms with E-state index in [1.54, 1.807) is 11.9 Å².